The van der Waals surface area contributed by atoms with Gasteiger partial charge in [-0.2, -0.15) is 0 Å². The van der Waals surface area contributed by atoms with Crippen LogP contribution in [0.25, 0.3) is 0 Å². The fourth-order valence-corrected chi connectivity index (χ4v) is 2.04. The van der Waals surface area contributed by atoms with Crippen LogP contribution in [0.5, 0.6) is 5.75 Å². The molecule has 17 heavy (non-hydrogen) atoms. The monoisotopic (exact) mass is 255 g/mol. The highest BCUT2D eigenvalue weighted by Crippen LogP contribution is 2.50. The number of ether oxygens (including phenoxy) is 2. The van der Waals surface area contributed by atoms with Gasteiger partial charge in [-0.15, -0.1) is 0 Å². The summed E-state index contributed by atoms with van der Waals surface area (Å²) >= 11 is 5.85. The van der Waals surface area contributed by atoms with E-state index in [1.807, 2.05) is 0 Å². The summed E-state index contributed by atoms with van der Waals surface area (Å²) in [4.78, 5) is 15.8. The predicted octanol–water partition coefficient (Wildman–Crippen LogP) is 2.41. The zero-order valence-corrected chi connectivity index (χ0v) is 10.5. The third kappa shape index (κ3) is 2.52. The van der Waals surface area contributed by atoms with Gasteiger partial charge in [0.1, 0.15) is 10.9 Å². The first-order valence-electron chi connectivity index (χ1n) is 5.54. The molecule has 4 nitrogen and oxygen atoms in total. The Labute approximate surface area is 105 Å². The van der Waals surface area contributed by atoms with Crippen molar-refractivity contribution in [3.8, 4) is 5.75 Å². The molecule has 2 atom stereocenters. The molecule has 1 aliphatic rings. The van der Waals surface area contributed by atoms with E-state index >= 15 is 0 Å². The van der Waals surface area contributed by atoms with E-state index < -0.39 is 0 Å². The molecule has 0 aliphatic heterocycles. The normalized spacial score (nSPS) is 22.1. The number of pyridine rings is 1. The molecule has 92 valence electrons. The Morgan fingerprint density at radius 1 is 1.59 bits per heavy atom. The molecule has 0 saturated heterocycles. The van der Waals surface area contributed by atoms with Crippen LogP contribution in [-0.2, 0) is 9.53 Å². The van der Waals surface area contributed by atoms with Gasteiger partial charge in [-0.3, -0.25) is 4.79 Å². The van der Waals surface area contributed by atoms with Gasteiger partial charge in [0.05, 0.1) is 25.3 Å². The summed E-state index contributed by atoms with van der Waals surface area (Å²) in [6, 6.07) is 3.44. The van der Waals surface area contributed by atoms with Crippen LogP contribution in [0, 0.1) is 5.92 Å². The fraction of sp³-hybridized carbons (Fsp3) is 0.500. The molecule has 2 rings (SSSR count). The molecule has 1 aliphatic carbocycles. The van der Waals surface area contributed by atoms with E-state index in [9.17, 15) is 4.79 Å². The largest absolute Gasteiger partial charge is 0.495 e. The first-order valence-corrected chi connectivity index (χ1v) is 5.92. The van der Waals surface area contributed by atoms with Crippen LogP contribution in [0.3, 0.4) is 0 Å². The highest BCUT2D eigenvalue weighted by molar-refractivity contribution is 6.29. The van der Waals surface area contributed by atoms with Gasteiger partial charge in [-0.1, -0.05) is 11.6 Å². The Morgan fingerprint density at radius 3 is 3.00 bits per heavy atom. The number of aromatic nitrogens is 1. The number of carbonyl (C=O) groups excluding carboxylic acids is 1. The lowest BCUT2D eigenvalue weighted by Crippen LogP contribution is -2.08. The minimum absolute atomic E-state index is 0.0719. The first-order chi connectivity index (χ1) is 8.17. The van der Waals surface area contributed by atoms with Crippen LogP contribution in [0.4, 0.5) is 0 Å². The smallest absolute Gasteiger partial charge is 0.309 e. The van der Waals surface area contributed by atoms with E-state index in [1.165, 1.54) is 0 Å². The highest BCUT2D eigenvalue weighted by atomic mass is 35.5. The molecule has 2 unspecified atom stereocenters. The second-order valence-electron chi connectivity index (χ2n) is 3.92. The molecule has 0 bridgehead atoms. The minimum Gasteiger partial charge on any atom is -0.495 e. The Bertz CT molecular complexity index is 436. The van der Waals surface area contributed by atoms with E-state index in [-0.39, 0.29) is 17.8 Å². The van der Waals surface area contributed by atoms with Crippen LogP contribution in [0.1, 0.15) is 25.0 Å². The second kappa shape index (κ2) is 4.92. The Balaban J connectivity index is 2.14. The number of hydrogen-bond donors (Lipinski definition) is 0. The zero-order valence-electron chi connectivity index (χ0n) is 9.77. The Morgan fingerprint density at radius 2 is 2.35 bits per heavy atom. The van der Waals surface area contributed by atoms with Crippen molar-refractivity contribution < 1.29 is 14.3 Å². The lowest BCUT2D eigenvalue weighted by atomic mass is 10.2. The van der Waals surface area contributed by atoms with Crippen LogP contribution in [-0.4, -0.2) is 24.7 Å². The van der Waals surface area contributed by atoms with Gasteiger partial charge in [0.15, 0.2) is 0 Å². The van der Waals surface area contributed by atoms with Crippen molar-refractivity contribution in [2.45, 2.75) is 19.3 Å². The molecule has 0 N–H and O–H groups in total. The van der Waals surface area contributed by atoms with Gasteiger partial charge in [-0.25, -0.2) is 4.98 Å². The minimum atomic E-state index is -0.165. The molecule has 1 fully saturated rings. The maximum Gasteiger partial charge on any atom is 0.309 e. The predicted molar refractivity (Wildman–Crippen MR) is 63.3 cm³/mol. The fourth-order valence-electron chi connectivity index (χ4n) is 1.88. The van der Waals surface area contributed by atoms with E-state index in [1.54, 1.807) is 26.2 Å². The summed E-state index contributed by atoms with van der Waals surface area (Å²) in [7, 11) is 1.58. The first kappa shape index (κ1) is 12.2. The van der Waals surface area contributed by atoms with Gasteiger partial charge in [0.2, 0.25) is 0 Å². The summed E-state index contributed by atoms with van der Waals surface area (Å²) in [6.45, 7) is 2.20. The van der Waals surface area contributed by atoms with Gasteiger partial charge < -0.3 is 9.47 Å². The molecule has 1 aromatic heterocycles. The topological polar surface area (TPSA) is 48.4 Å². The van der Waals surface area contributed by atoms with E-state index in [0.29, 0.717) is 17.5 Å². The van der Waals surface area contributed by atoms with Crippen molar-refractivity contribution in [1.29, 1.82) is 0 Å². The van der Waals surface area contributed by atoms with Gasteiger partial charge in [0, 0.05) is 5.92 Å². The van der Waals surface area contributed by atoms with Crippen LogP contribution in [0.2, 0.25) is 5.15 Å². The van der Waals surface area contributed by atoms with Crippen molar-refractivity contribution in [3.05, 3.63) is 23.0 Å². The molecule has 0 radical (unpaired) electrons. The zero-order chi connectivity index (χ0) is 12.4. The molecule has 1 saturated carbocycles. The number of rotatable bonds is 4. The highest BCUT2D eigenvalue weighted by Gasteiger charge is 2.47. The van der Waals surface area contributed by atoms with Crippen LogP contribution >= 0.6 is 11.6 Å². The van der Waals surface area contributed by atoms with Crippen molar-refractivity contribution in [2.24, 2.45) is 5.92 Å². The number of nitrogens with zero attached hydrogens (tertiary/aromatic N) is 1. The molecule has 1 heterocycles. The van der Waals surface area contributed by atoms with Crippen molar-refractivity contribution in [1.82, 2.24) is 4.98 Å². The number of carbonyl (C=O) groups is 1. The third-order valence-corrected chi connectivity index (χ3v) is 3.01. The molecular formula is C12H14ClNO3. The number of halogens is 1. The van der Waals surface area contributed by atoms with E-state index in [2.05, 4.69) is 4.98 Å². The quantitative estimate of drug-likeness (QED) is 0.612. The molecule has 0 amide bonds. The average Bonchev–Trinajstić information content (AvgIpc) is 3.09. The maximum absolute atomic E-state index is 11.5. The maximum atomic E-state index is 11.5. The summed E-state index contributed by atoms with van der Waals surface area (Å²) in [5.74, 6) is 0.477. The second-order valence-corrected chi connectivity index (χ2v) is 4.31. The van der Waals surface area contributed by atoms with Crippen LogP contribution in [0.15, 0.2) is 12.1 Å². The average molecular weight is 256 g/mol. The lowest BCUT2D eigenvalue weighted by Gasteiger charge is -2.07. The van der Waals surface area contributed by atoms with Crippen molar-refractivity contribution in [3.63, 3.8) is 0 Å². The number of hydrogen-bond acceptors (Lipinski definition) is 4. The number of esters is 1. The van der Waals surface area contributed by atoms with Crippen molar-refractivity contribution >= 4 is 17.6 Å². The van der Waals surface area contributed by atoms with Gasteiger partial charge in [0.25, 0.3) is 0 Å². The van der Waals surface area contributed by atoms with E-state index in [0.717, 1.165) is 12.1 Å². The summed E-state index contributed by atoms with van der Waals surface area (Å²) in [5.41, 5.74) is 0.748. The SMILES string of the molecule is CCOC(=O)C1CC1c1nc(Cl)ccc1OC. The lowest BCUT2D eigenvalue weighted by molar-refractivity contribution is -0.144. The van der Waals surface area contributed by atoms with Gasteiger partial charge >= 0.3 is 5.97 Å². The van der Waals surface area contributed by atoms with Gasteiger partial charge in [-0.05, 0) is 25.5 Å². The molecule has 0 spiro atoms. The molecule has 0 aromatic carbocycles. The molecule has 5 heteroatoms. The Hall–Kier alpha value is -1.29. The Kier molecular flexibility index (Phi) is 3.52. The standard InChI is InChI=1S/C12H14ClNO3/c1-3-17-12(15)8-6-7(8)11-9(16-2)4-5-10(13)14-11/h4-5,7-8H,3,6H2,1-2H3. The number of methoxy groups -OCH3 is 1. The molecule has 1 aromatic rings. The van der Waals surface area contributed by atoms with Crippen molar-refractivity contribution in [2.75, 3.05) is 13.7 Å². The van der Waals surface area contributed by atoms with Crippen LogP contribution < -0.4 is 4.74 Å². The summed E-state index contributed by atoms with van der Waals surface area (Å²) in [6.07, 6.45) is 0.753. The van der Waals surface area contributed by atoms with E-state index in [4.69, 9.17) is 21.1 Å². The summed E-state index contributed by atoms with van der Waals surface area (Å²) in [5, 5.41) is 0.412. The third-order valence-electron chi connectivity index (χ3n) is 2.80. The summed E-state index contributed by atoms with van der Waals surface area (Å²) < 4.78 is 10.2. The molecular weight excluding hydrogens is 242 g/mol.